The highest BCUT2D eigenvalue weighted by Crippen LogP contribution is 2.28. The summed E-state index contributed by atoms with van der Waals surface area (Å²) in [5.74, 6) is -1.60. The van der Waals surface area contributed by atoms with E-state index >= 15 is 0 Å². The van der Waals surface area contributed by atoms with Crippen molar-refractivity contribution in [2.75, 3.05) is 5.73 Å². The first-order valence-corrected chi connectivity index (χ1v) is 11.5. The normalized spacial score (nSPS) is 12.3. The SMILES string of the molecule is Cc1cc(S(=O)(=O)O)ccc1-n1[nH]c(C(=O)O)c(N=Nc2ccc(N)cc2S(=O)(=O)O)c1=O. The minimum Gasteiger partial charge on any atom is -0.476 e. The van der Waals surface area contributed by atoms with Crippen LogP contribution in [0.1, 0.15) is 16.1 Å². The summed E-state index contributed by atoms with van der Waals surface area (Å²) in [6, 6.07) is 6.45. The number of rotatable bonds is 6. The molecule has 0 aliphatic heterocycles. The second-order valence-corrected chi connectivity index (χ2v) is 9.42. The molecule has 0 fully saturated rings. The lowest BCUT2D eigenvalue weighted by Gasteiger charge is -2.07. The Bertz CT molecular complexity index is 1590. The summed E-state index contributed by atoms with van der Waals surface area (Å²) in [4.78, 5) is 23.3. The van der Waals surface area contributed by atoms with Gasteiger partial charge in [0.25, 0.3) is 25.8 Å². The van der Waals surface area contributed by atoms with Gasteiger partial charge in [0.1, 0.15) is 10.6 Å². The van der Waals surface area contributed by atoms with Gasteiger partial charge in [-0.25, -0.2) is 9.48 Å². The van der Waals surface area contributed by atoms with Gasteiger partial charge in [-0.2, -0.15) is 16.8 Å². The fourth-order valence-corrected chi connectivity index (χ4v) is 4.03. The van der Waals surface area contributed by atoms with Gasteiger partial charge in [-0.05, 0) is 48.9 Å². The monoisotopic (exact) mass is 497 g/mol. The second kappa shape index (κ2) is 8.24. The van der Waals surface area contributed by atoms with Gasteiger partial charge in [-0.1, -0.05) is 0 Å². The lowest BCUT2D eigenvalue weighted by Crippen LogP contribution is -2.15. The van der Waals surface area contributed by atoms with Crippen molar-refractivity contribution in [1.29, 1.82) is 0 Å². The number of aromatic nitrogens is 2. The van der Waals surface area contributed by atoms with Gasteiger partial charge >= 0.3 is 5.97 Å². The van der Waals surface area contributed by atoms with Crippen molar-refractivity contribution < 1.29 is 35.8 Å². The van der Waals surface area contributed by atoms with Crippen LogP contribution in [0.4, 0.5) is 17.1 Å². The van der Waals surface area contributed by atoms with Crippen molar-refractivity contribution in [2.45, 2.75) is 16.7 Å². The molecule has 0 radical (unpaired) electrons. The number of carboxylic acids is 1. The molecule has 0 aliphatic carbocycles. The number of nitrogen functional groups attached to an aromatic ring is 1. The number of azo groups is 1. The van der Waals surface area contributed by atoms with Gasteiger partial charge in [0, 0.05) is 5.69 Å². The van der Waals surface area contributed by atoms with Crippen molar-refractivity contribution in [1.82, 2.24) is 9.78 Å². The minimum atomic E-state index is -4.77. The Hall–Kier alpha value is -3.86. The molecule has 0 saturated heterocycles. The molecule has 1 heterocycles. The molecule has 0 unspecified atom stereocenters. The maximum atomic E-state index is 12.8. The first-order valence-electron chi connectivity index (χ1n) is 8.65. The minimum absolute atomic E-state index is 0.0133. The zero-order valence-electron chi connectivity index (χ0n) is 16.5. The first-order chi connectivity index (χ1) is 15.2. The number of aromatic carboxylic acids is 1. The number of nitrogens with one attached hydrogen (secondary N) is 1. The molecule has 0 spiro atoms. The van der Waals surface area contributed by atoms with Crippen LogP contribution in [0.2, 0.25) is 0 Å². The molecule has 0 amide bonds. The summed E-state index contributed by atoms with van der Waals surface area (Å²) >= 11 is 0. The molecule has 6 N–H and O–H groups in total. The molecule has 0 saturated carbocycles. The van der Waals surface area contributed by atoms with Crippen LogP contribution in [-0.4, -0.2) is 46.8 Å². The lowest BCUT2D eigenvalue weighted by molar-refractivity contribution is 0.0690. The van der Waals surface area contributed by atoms with E-state index in [9.17, 15) is 36.1 Å². The summed E-state index contributed by atoms with van der Waals surface area (Å²) in [6.07, 6.45) is 0. The van der Waals surface area contributed by atoms with Crippen LogP contribution in [0, 0.1) is 6.92 Å². The summed E-state index contributed by atoms with van der Waals surface area (Å²) in [7, 11) is -9.28. The van der Waals surface area contributed by atoms with E-state index in [1.807, 2.05) is 0 Å². The summed E-state index contributed by atoms with van der Waals surface area (Å²) < 4.78 is 64.9. The molecule has 2 aromatic carbocycles. The molecule has 14 nitrogen and oxygen atoms in total. The van der Waals surface area contributed by atoms with Gasteiger partial charge in [-0.3, -0.25) is 19.0 Å². The van der Waals surface area contributed by atoms with E-state index in [1.54, 1.807) is 0 Å². The van der Waals surface area contributed by atoms with E-state index in [0.717, 1.165) is 35.0 Å². The van der Waals surface area contributed by atoms with Gasteiger partial charge in [0.2, 0.25) is 0 Å². The largest absolute Gasteiger partial charge is 0.476 e. The molecule has 0 aliphatic rings. The fraction of sp³-hybridized carbons (Fsp3) is 0.0588. The zero-order valence-corrected chi connectivity index (χ0v) is 18.1. The van der Waals surface area contributed by atoms with Crippen molar-refractivity contribution in [3.8, 4) is 5.69 Å². The average Bonchev–Trinajstić information content (AvgIpc) is 3.02. The molecule has 174 valence electrons. The highest BCUT2D eigenvalue weighted by molar-refractivity contribution is 7.86. The second-order valence-electron chi connectivity index (χ2n) is 6.61. The topological polar surface area (TPSA) is 235 Å². The van der Waals surface area contributed by atoms with Crippen molar-refractivity contribution >= 4 is 43.3 Å². The molecule has 3 aromatic rings. The number of anilines is 1. The van der Waals surface area contributed by atoms with E-state index in [-0.39, 0.29) is 16.9 Å². The van der Waals surface area contributed by atoms with E-state index in [4.69, 9.17) is 10.3 Å². The molecule has 1 aromatic heterocycles. The summed E-state index contributed by atoms with van der Waals surface area (Å²) in [5.41, 5.74) is 2.88. The zero-order chi connectivity index (χ0) is 24.7. The molecule has 3 rings (SSSR count). The van der Waals surface area contributed by atoms with Crippen LogP contribution >= 0.6 is 0 Å². The number of nitrogens with two attached hydrogens (primary N) is 1. The third kappa shape index (κ3) is 4.82. The van der Waals surface area contributed by atoms with E-state index in [2.05, 4.69) is 15.3 Å². The van der Waals surface area contributed by atoms with Crippen LogP contribution in [-0.2, 0) is 20.2 Å². The first kappa shape index (κ1) is 23.8. The van der Waals surface area contributed by atoms with Crippen molar-refractivity contribution in [3.63, 3.8) is 0 Å². The van der Waals surface area contributed by atoms with Crippen LogP contribution in [0.25, 0.3) is 5.69 Å². The van der Waals surface area contributed by atoms with Crippen molar-refractivity contribution in [3.05, 3.63) is 58.0 Å². The maximum absolute atomic E-state index is 12.8. The molecular formula is C17H15N5O9S2. The Labute approximate surface area is 185 Å². The molecular weight excluding hydrogens is 482 g/mol. The predicted molar refractivity (Wildman–Crippen MR) is 113 cm³/mol. The number of aryl methyl sites for hydroxylation is 1. The Kier molecular flexibility index (Phi) is 5.95. The van der Waals surface area contributed by atoms with Gasteiger partial charge in [0.05, 0.1) is 10.6 Å². The number of H-pyrrole nitrogens is 1. The maximum Gasteiger partial charge on any atom is 0.356 e. The van der Waals surface area contributed by atoms with Crippen molar-refractivity contribution in [2.24, 2.45) is 10.2 Å². The Balaban J connectivity index is 2.18. The smallest absolute Gasteiger partial charge is 0.356 e. The third-order valence-corrected chi connectivity index (χ3v) is 6.04. The molecule has 16 heteroatoms. The van der Waals surface area contributed by atoms with Gasteiger partial charge in [0.15, 0.2) is 11.4 Å². The summed E-state index contributed by atoms with van der Waals surface area (Å²) in [5, 5.41) is 18.9. The van der Waals surface area contributed by atoms with Gasteiger partial charge < -0.3 is 10.8 Å². The van der Waals surface area contributed by atoms with Crippen LogP contribution in [0.15, 0.2) is 61.2 Å². The number of nitrogens with zero attached hydrogens (tertiary/aromatic N) is 3. The molecule has 0 atom stereocenters. The van der Waals surface area contributed by atoms with Crippen LogP contribution in [0.5, 0.6) is 0 Å². The van der Waals surface area contributed by atoms with Crippen LogP contribution in [0.3, 0.4) is 0 Å². The fourth-order valence-electron chi connectivity index (χ4n) is 2.80. The number of aromatic amines is 1. The Morgan fingerprint density at radius 3 is 2.24 bits per heavy atom. The Morgan fingerprint density at radius 1 is 1.03 bits per heavy atom. The molecule has 0 bridgehead atoms. The number of hydrogen-bond acceptors (Lipinski definition) is 9. The standard InChI is InChI=1S/C17H15N5O9S2/c1-8-6-10(32(26,27)28)3-5-12(8)22-16(23)14(15(21-22)17(24)25)20-19-11-4-2-9(18)7-13(11)33(29,30)31/h2-7,21H,18H2,1H3,(H,24,25)(H,26,27,28)(H,29,30,31). The molecule has 33 heavy (non-hydrogen) atoms. The van der Waals surface area contributed by atoms with E-state index in [0.29, 0.717) is 0 Å². The number of carbonyl (C=O) groups is 1. The van der Waals surface area contributed by atoms with Crippen LogP contribution < -0.4 is 11.3 Å². The number of carboxylic acid groups (broad SMARTS) is 1. The third-order valence-electron chi connectivity index (χ3n) is 4.31. The number of hydrogen-bond donors (Lipinski definition) is 5. The van der Waals surface area contributed by atoms with E-state index < -0.39 is 58.6 Å². The van der Waals surface area contributed by atoms with E-state index in [1.165, 1.54) is 13.0 Å². The Morgan fingerprint density at radius 2 is 1.70 bits per heavy atom. The average molecular weight is 497 g/mol. The predicted octanol–water partition coefficient (Wildman–Crippen LogP) is 1.66. The summed E-state index contributed by atoms with van der Waals surface area (Å²) in [6.45, 7) is 1.41. The highest BCUT2D eigenvalue weighted by Gasteiger charge is 2.23. The highest BCUT2D eigenvalue weighted by atomic mass is 32.2. The number of benzene rings is 2. The quantitative estimate of drug-likeness (QED) is 0.187. The van der Waals surface area contributed by atoms with Gasteiger partial charge in [-0.15, -0.1) is 10.2 Å². The lowest BCUT2D eigenvalue weighted by atomic mass is 10.2.